The van der Waals surface area contributed by atoms with Crippen LogP contribution in [-0.4, -0.2) is 32.8 Å². The molecule has 0 radical (unpaired) electrons. The molecule has 0 saturated carbocycles. The van der Waals surface area contributed by atoms with Gasteiger partial charge in [-0.25, -0.2) is 0 Å². The lowest BCUT2D eigenvalue weighted by molar-refractivity contribution is -0.118. The van der Waals surface area contributed by atoms with Crippen LogP contribution in [0.3, 0.4) is 0 Å². The molecule has 2 rings (SSSR count). The number of ether oxygens (including phenoxy) is 3. The van der Waals surface area contributed by atoms with Crippen molar-refractivity contribution in [2.75, 3.05) is 32.2 Å². The summed E-state index contributed by atoms with van der Waals surface area (Å²) in [6.45, 7) is 0.572. The van der Waals surface area contributed by atoms with Crippen LogP contribution in [0.5, 0.6) is 11.5 Å². The molecule has 2 aromatic rings. The van der Waals surface area contributed by atoms with Gasteiger partial charge in [-0.05, 0) is 30.3 Å². The second kappa shape index (κ2) is 9.37. The van der Waals surface area contributed by atoms with E-state index in [2.05, 4.69) is 5.32 Å². The summed E-state index contributed by atoms with van der Waals surface area (Å²) in [5, 5.41) is 3.66. The molecule has 2 aromatic carbocycles. The third-order valence-corrected chi connectivity index (χ3v) is 3.47. The number of benzene rings is 2. The fourth-order valence-corrected chi connectivity index (χ4v) is 2.28. The largest absolute Gasteiger partial charge is 0.487 e. The first kappa shape index (κ1) is 18.4. The lowest BCUT2D eigenvalue weighted by Crippen LogP contribution is -2.21. The number of rotatable bonds is 8. The molecule has 0 aromatic heterocycles. The number of anilines is 1. The predicted octanol–water partition coefficient (Wildman–Crippen LogP) is 4.04. The highest BCUT2D eigenvalue weighted by molar-refractivity contribution is 6.32. The van der Waals surface area contributed by atoms with E-state index in [0.29, 0.717) is 40.4 Å². The Morgan fingerprint density at radius 3 is 2.62 bits per heavy atom. The number of methoxy groups -OCH3 is 1. The first-order valence-corrected chi connectivity index (χ1v) is 7.94. The quantitative estimate of drug-likeness (QED) is 0.713. The minimum Gasteiger partial charge on any atom is -0.487 e. The summed E-state index contributed by atoms with van der Waals surface area (Å²) < 4.78 is 15.9. The molecule has 0 aliphatic rings. The van der Waals surface area contributed by atoms with Gasteiger partial charge >= 0.3 is 0 Å². The molecule has 128 valence electrons. The minimum atomic E-state index is -0.339. The fraction of sp³-hybridized carbons (Fsp3) is 0.235. The Kier molecular flexibility index (Phi) is 7.18. The third kappa shape index (κ3) is 5.60. The Labute approximate surface area is 150 Å². The van der Waals surface area contributed by atoms with Crippen LogP contribution in [-0.2, 0) is 9.53 Å². The number of hydrogen-bond acceptors (Lipinski definition) is 4. The van der Waals surface area contributed by atoms with Gasteiger partial charge in [0.05, 0.1) is 17.3 Å². The topological polar surface area (TPSA) is 56.8 Å². The number of para-hydroxylation sites is 1. The summed E-state index contributed by atoms with van der Waals surface area (Å²) in [6.07, 6.45) is 0. The Morgan fingerprint density at radius 2 is 1.88 bits per heavy atom. The minimum absolute atomic E-state index is 0.162. The van der Waals surface area contributed by atoms with E-state index in [1.807, 2.05) is 0 Å². The van der Waals surface area contributed by atoms with Gasteiger partial charge in [-0.1, -0.05) is 35.3 Å². The van der Waals surface area contributed by atoms with Gasteiger partial charge in [0.2, 0.25) is 0 Å². The molecule has 0 unspecified atom stereocenters. The van der Waals surface area contributed by atoms with E-state index in [-0.39, 0.29) is 12.5 Å². The maximum atomic E-state index is 12.1. The van der Waals surface area contributed by atoms with Gasteiger partial charge in [0.25, 0.3) is 5.91 Å². The monoisotopic (exact) mass is 369 g/mol. The zero-order valence-corrected chi connectivity index (χ0v) is 14.6. The van der Waals surface area contributed by atoms with Gasteiger partial charge in [0.1, 0.15) is 12.4 Å². The van der Waals surface area contributed by atoms with E-state index in [4.69, 9.17) is 37.4 Å². The van der Waals surface area contributed by atoms with Crippen molar-refractivity contribution in [3.8, 4) is 11.5 Å². The van der Waals surface area contributed by atoms with Gasteiger partial charge in [-0.2, -0.15) is 0 Å². The summed E-state index contributed by atoms with van der Waals surface area (Å²) in [6, 6.07) is 11.9. The maximum Gasteiger partial charge on any atom is 0.262 e. The van der Waals surface area contributed by atoms with Crippen LogP contribution < -0.4 is 14.8 Å². The van der Waals surface area contributed by atoms with E-state index >= 15 is 0 Å². The molecule has 1 amide bonds. The van der Waals surface area contributed by atoms with E-state index in [1.165, 1.54) is 0 Å². The molecular weight excluding hydrogens is 353 g/mol. The lowest BCUT2D eigenvalue weighted by Gasteiger charge is -2.14. The van der Waals surface area contributed by atoms with Crippen LogP contribution in [0.1, 0.15) is 0 Å². The molecule has 0 heterocycles. The summed E-state index contributed by atoms with van der Waals surface area (Å²) in [5.41, 5.74) is 0.471. The van der Waals surface area contributed by atoms with Crippen molar-refractivity contribution in [3.05, 3.63) is 52.5 Å². The first-order valence-electron chi connectivity index (χ1n) is 7.18. The van der Waals surface area contributed by atoms with Crippen molar-refractivity contribution >= 4 is 34.8 Å². The number of carbonyl (C=O) groups excluding carboxylic acids is 1. The zero-order chi connectivity index (χ0) is 17.4. The SMILES string of the molecule is COCCOc1c(Cl)cccc1NC(=O)COc1cccc(Cl)c1. The van der Waals surface area contributed by atoms with Crippen LogP contribution in [0.2, 0.25) is 10.0 Å². The van der Waals surface area contributed by atoms with Crippen molar-refractivity contribution < 1.29 is 19.0 Å². The molecule has 0 saturated heterocycles. The molecule has 5 nitrogen and oxygen atoms in total. The van der Waals surface area contributed by atoms with E-state index < -0.39 is 0 Å². The summed E-state index contributed by atoms with van der Waals surface area (Å²) in [4.78, 5) is 12.1. The standard InChI is InChI=1S/C17H17Cl2NO4/c1-22-8-9-23-17-14(19)6-3-7-15(17)20-16(21)11-24-13-5-2-4-12(18)10-13/h2-7,10H,8-9,11H2,1H3,(H,20,21). The fourth-order valence-electron chi connectivity index (χ4n) is 1.87. The molecule has 0 aliphatic heterocycles. The maximum absolute atomic E-state index is 12.1. The van der Waals surface area contributed by atoms with Gasteiger partial charge in [0, 0.05) is 12.1 Å². The molecule has 0 fully saturated rings. The molecule has 0 aliphatic carbocycles. The number of nitrogens with one attached hydrogen (secondary N) is 1. The lowest BCUT2D eigenvalue weighted by atomic mass is 10.3. The first-order chi connectivity index (χ1) is 11.6. The Hall–Kier alpha value is -1.95. The highest BCUT2D eigenvalue weighted by Crippen LogP contribution is 2.32. The van der Waals surface area contributed by atoms with Crippen molar-refractivity contribution in [1.82, 2.24) is 0 Å². The smallest absolute Gasteiger partial charge is 0.262 e. The Bertz CT molecular complexity index is 694. The highest BCUT2D eigenvalue weighted by Gasteiger charge is 2.12. The molecular formula is C17H17Cl2NO4. The van der Waals surface area contributed by atoms with E-state index in [9.17, 15) is 4.79 Å². The van der Waals surface area contributed by atoms with E-state index in [1.54, 1.807) is 49.6 Å². The van der Waals surface area contributed by atoms with Crippen LogP contribution >= 0.6 is 23.2 Å². The zero-order valence-electron chi connectivity index (χ0n) is 13.1. The molecule has 0 bridgehead atoms. The van der Waals surface area contributed by atoms with Crippen LogP contribution in [0.15, 0.2) is 42.5 Å². The van der Waals surface area contributed by atoms with Gasteiger partial charge in [0.15, 0.2) is 12.4 Å². The second-order valence-electron chi connectivity index (χ2n) is 4.75. The number of halogens is 2. The predicted molar refractivity (Wildman–Crippen MR) is 94.4 cm³/mol. The van der Waals surface area contributed by atoms with Gasteiger partial charge in [-0.15, -0.1) is 0 Å². The molecule has 0 spiro atoms. The van der Waals surface area contributed by atoms with Crippen LogP contribution in [0.4, 0.5) is 5.69 Å². The molecule has 0 atom stereocenters. The van der Waals surface area contributed by atoms with Gasteiger partial charge in [-0.3, -0.25) is 4.79 Å². The Balaban J connectivity index is 1.96. The summed E-state index contributed by atoms with van der Waals surface area (Å²) >= 11 is 12.0. The second-order valence-corrected chi connectivity index (χ2v) is 5.60. The highest BCUT2D eigenvalue weighted by atomic mass is 35.5. The van der Waals surface area contributed by atoms with Crippen molar-refractivity contribution in [2.45, 2.75) is 0 Å². The van der Waals surface area contributed by atoms with Crippen LogP contribution in [0, 0.1) is 0 Å². The summed E-state index contributed by atoms with van der Waals surface area (Å²) in [5.74, 6) is 0.571. The number of carbonyl (C=O) groups is 1. The number of amides is 1. The Morgan fingerprint density at radius 1 is 1.08 bits per heavy atom. The van der Waals surface area contributed by atoms with Crippen LogP contribution in [0.25, 0.3) is 0 Å². The average molecular weight is 370 g/mol. The third-order valence-electron chi connectivity index (χ3n) is 2.94. The van der Waals surface area contributed by atoms with Crippen molar-refractivity contribution in [2.24, 2.45) is 0 Å². The van der Waals surface area contributed by atoms with E-state index in [0.717, 1.165) is 0 Å². The molecule has 24 heavy (non-hydrogen) atoms. The normalized spacial score (nSPS) is 10.3. The van der Waals surface area contributed by atoms with Gasteiger partial charge < -0.3 is 19.5 Å². The molecule has 1 N–H and O–H groups in total. The van der Waals surface area contributed by atoms with Crippen molar-refractivity contribution in [1.29, 1.82) is 0 Å². The summed E-state index contributed by atoms with van der Waals surface area (Å²) in [7, 11) is 1.58. The van der Waals surface area contributed by atoms with Crippen molar-refractivity contribution in [3.63, 3.8) is 0 Å². The molecule has 7 heteroatoms. The number of hydrogen-bond donors (Lipinski definition) is 1. The average Bonchev–Trinajstić information content (AvgIpc) is 2.56.